The molecule has 5 heteroatoms. The normalized spacial score (nSPS) is 15.7. The standard InChI is InChI=1S/C21H24N2O3/c1-14-10-17(15(2)23(14)18-6-7-18)5-9-21(24)22(3)12-16-4-8-19-20(11-16)26-13-25-19/h4-5,8-11,18H,6-7,12-13H2,1-3H3/b9-5+. The number of carbonyl (C=O) groups excluding carboxylic acids is 1. The number of fused-ring (bicyclic) bond motifs is 1. The third kappa shape index (κ3) is 3.21. The number of hydrogen-bond acceptors (Lipinski definition) is 3. The van der Waals surface area contributed by atoms with Gasteiger partial charge in [-0.2, -0.15) is 0 Å². The summed E-state index contributed by atoms with van der Waals surface area (Å²) in [5.74, 6) is 1.49. The molecule has 0 saturated heterocycles. The summed E-state index contributed by atoms with van der Waals surface area (Å²) in [7, 11) is 1.81. The van der Waals surface area contributed by atoms with Gasteiger partial charge in [-0.1, -0.05) is 6.07 Å². The molecule has 0 radical (unpaired) electrons. The minimum absolute atomic E-state index is 0.0149. The van der Waals surface area contributed by atoms with Crippen molar-refractivity contribution in [3.8, 4) is 11.5 Å². The molecule has 0 N–H and O–H groups in total. The minimum atomic E-state index is -0.0149. The Bertz CT molecular complexity index is 878. The van der Waals surface area contributed by atoms with Gasteiger partial charge >= 0.3 is 0 Å². The molecule has 0 unspecified atom stereocenters. The van der Waals surface area contributed by atoms with Crippen molar-refractivity contribution in [1.29, 1.82) is 0 Å². The molecule has 136 valence electrons. The lowest BCUT2D eigenvalue weighted by Crippen LogP contribution is -2.24. The smallest absolute Gasteiger partial charge is 0.246 e. The molecule has 4 rings (SSSR count). The third-order valence-electron chi connectivity index (χ3n) is 5.07. The highest BCUT2D eigenvalue weighted by Crippen LogP contribution is 2.38. The fraction of sp³-hybridized carbons (Fsp3) is 0.381. The van der Waals surface area contributed by atoms with Crippen molar-refractivity contribution in [3.05, 3.63) is 52.9 Å². The second-order valence-corrected chi connectivity index (χ2v) is 7.14. The van der Waals surface area contributed by atoms with Crippen molar-refractivity contribution in [2.75, 3.05) is 13.8 Å². The number of rotatable bonds is 5. The van der Waals surface area contributed by atoms with E-state index in [0.29, 0.717) is 12.6 Å². The zero-order valence-corrected chi connectivity index (χ0v) is 15.5. The number of aromatic nitrogens is 1. The molecule has 0 spiro atoms. The van der Waals surface area contributed by atoms with Gasteiger partial charge in [-0.25, -0.2) is 0 Å². The van der Waals surface area contributed by atoms with Gasteiger partial charge in [0.05, 0.1) is 0 Å². The van der Waals surface area contributed by atoms with Crippen LogP contribution in [0.15, 0.2) is 30.3 Å². The Morgan fingerprint density at radius 2 is 2.00 bits per heavy atom. The van der Waals surface area contributed by atoms with E-state index in [1.807, 2.05) is 31.3 Å². The molecule has 2 heterocycles. The van der Waals surface area contributed by atoms with Crippen molar-refractivity contribution in [3.63, 3.8) is 0 Å². The van der Waals surface area contributed by atoms with Gasteiger partial charge in [-0.15, -0.1) is 0 Å². The van der Waals surface area contributed by atoms with Crippen LogP contribution in [-0.4, -0.2) is 29.2 Å². The second kappa shape index (κ2) is 6.56. The molecule has 2 aliphatic rings. The van der Waals surface area contributed by atoms with Crippen molar-refractivity contribution < 1.29 is 14.3 Å². The van der Waals surface area contributed by atoms with Crippen LogP contribution in [0.5, 0.6) is 11.5 Å². The first-order valence-corrected chi connectivity index (χ1v) is 9.03. The molecule has 2 aromatic rings. The number of aryl methyl sites for hydroxylation is 1. The predicted molar refractivity (Wildman–Crippen MR) is 100 cm³/mol. The number of hydrogen-bond donors (Lipinski definition) is 0. The van der Waals surface area contributed by atoms with E-state index in [1.54, 1.807) is 11.0 Å². The first kappa shape index (κ1) is 16.8. The van der Waals surface area contributed by atoms with Gasteiger partial charge in [0.1, 0.15) is 0 Å². The van der Waals surface area contributed by atoms with Gasteiger partial charge in [0.2, 0.25) is 12.7 Å². The van der Waals surface area contributed by atoms with Gasteiger partial charge in [0.25, 0.3) is 0 Å². The Hall–Kier alpha value is -2.69. The Morgan fingerprint density at radius 1 is 1.23 bits per heavy atom. The van der Waals surface area contributed by atoms with E-state index in [4.69, 9.17) is 9.47 Å². The van der Waals surface area contributed by atoms with Crippen LogP contribution in [0.25, 0.3) is 6.08 Å². The lowest BCUT2D eigenvalue weighted by Gasteiger charge is -2.15. The molecule has 1 amide bonds. The summed E-state index contributed by atoms with van der Waals surface area (Å²) >= 11 is 0. The molecule has 0 atom stereocenters. The number of amides is 1. The highest BCUT2D eigenvalue weighted by molar-refractivity contribution is 5.91. The quantitative estimate of drug-likeness (QED) is 0.768. The van der Waals surface area contributed by atoms with E-state index < -0.39 is 0 Å². The summed E-state index contributed by atoms with van der Waals surface area (Å²) in [6.45, 7) is 5.05. The molecule has 26 heavy (non-hydrogen) atoms. The fourth-order valence-electron chi connectivity index (χ4n) is 3.55. The summed E-state index contributed by atoms with van der Waals surface area (Å²) in [6.07, 6.45) is 6.11. The van der Waals surface area contributed by atoms with Gasteiger partial charge in [-0.3, -0.25) is 4.79 Å². The molecule has 1 saturated carbocycles. The molecule has 1 aromatic heterocycles. The predicted octanol–water partition coefficient (Wildman–Crippen LogP) is 3.84. The van der Waals surface area contributed by atoms with E-state index in [0.717, 1.165) is 22.6 Å². The molecule has 0 bridgehead atoms. The van der Waals surface area contributed by atoms with Crippen LogP contribution in [0.4, 0.5) is 0 Å². The molecule has 5 nitrogen and oxygen atoms in total. The molecule has 1 aromatic carbocycles. The van der Waals surface area contributed by atoms with Crippen molar-refractivity contribution in [1.82, 2.24) is 9.47 Å². The molecule has 1 aliphatic carbocycles. The SMILES string of the molecule is Cc1cc(/C=C/C(=O)N(C)Cc2ccc3c(c2)OCO3)c(C)n1C1CC1. The van der Waals surface area contributed by atoms with E-state index in [1.165, 1.54) is 24.2 Å². The molecule has 1 aliphatic heterocycles. The summed E-state index contributed by atoms with van der Waals surface area (Å²) in [4.78, 5) is 14.2. The first-order chi connectivity index (χ1) is 12.5. The lowest BCUT2D eigenvalue weighted by molar-refractivity contribution is -0.125. The lowest BCUT2D eigenvalue weighted by atomic mass is 10.2. The average molecular weight is 352 g/mol. The Kier molecular flexibility index (Phi) is 4.23. The van der Waals surface area contributed by atoms with E-state index in [9.17, 15) is 4.79 Å². The largest absolute Gasteiger partial charge is 0.454 e. The Labute approximate surface area is 153 Å². The fourth-order valence-corrected chi connectivity index (χ4v) is 3.55. The maximum Gasteiger partial charge on any atom is 0.246 e. The molecular weight excluding hydrogens is 328 g/mol. The summed E-state index contributed by atoms with van der Waals surface area (Å²) in [5.41, 5.74) is 4.66. The van der Waals surface area contributed by atoms with Crippen LogP contribution >= 0.6 is 0 Å². The van der Waals surface area contributed by atoms with Gasteiger partial charge in [0, 0.05) is 37.1 Å². The van der Waals surface area contributed by atoms with Crippen molar-refractivity contribution in [2.45, 2.75) is 39.3 Å². The van der Waals surface area contributed by atoms with Crippen molar-refractivity contribution in [2.24, 2.45) is 0 Å². The minimum Gasteiger partial charge on any atom is -0.454 e. The van der Waals surface area contributed by atoms with E-state index in [-0.39, 0.29) is 12.7 Å². The first-order valence-electron chi connectivity index (χ1n) is 9.03. The summed E-state index contributed by atoms with van der Waals surface area (Å²) in [6, 6.07) is 8.60. The Morgan fingerprint density at radius 3 is 2.77 bits per heavy atom. The highest BCUT2D eigenvalue weighted by Gasteiger charge is 2.26. The molecular formula is C21H24N2O3. The van der Waals surface area contributed by atoms with E-state index in [2.05, 4.69) is 24.5 Å². The van der Waals surface area contributed by atoms with Gasteiger partial charge in [0.15, 0.2) is 11.5 Å². The van der Waals surface area contributed by atoms with Gasteiger partial charge < -0.3 is 18.9 Å². The van der Waals surface area contributed by atoms with Crippen LogP contribution in [-0.2, 0) is 11.3 Å². The number of nitrogens with zero attached hydrogens (tertiary/aromatic N) is 2. The monoisotopic (exact) mass is 352 g/mol. The second-order valence-electron chi connectivity index (χ2n) is 7.14. The summed E-state index contributed by atoms with van der Waals surface area (Å²) in [5, 5.41) is 0. The number of likely N-dealkylation sites (N-methyl/N-ethyl adjacent to an activating group) is 1. The Balaban J connectivity index is 1.42. The van der Waals surface area contributed by atoms with Crippen LogP contribution in [0.3, 0.4) is 0 Å². The zero-order chi connectivity index (χ0) is 18.3. The van der Waals surface area contributed by atoms with Crippen LogP contribution < -0.4 is 9.47 Å². The third-order valence-corrected chi connectivity index (χ3v) is 5.07. The summed E-state index contributed by atoms with van der Waals surface area (Å²) < 4.78 is 13.1. The van der Waals surface area contributed by atoms with E-state index >= 15 is 0 Å². The number of benzene rings is 1. The maximum absolute atomic E-state index is 12.5. The van der Waals surface area contributed by atoms with Gasteiger partial charge in [-0.05, 0) is 62.1 Å². The average Bonchev–Trinajstić information content (AvgIpc) is 3.26. The zero-order valence-electron chi connectivity index (χ0n) is 15.5. The van der Waals surface area contributed by atoms with Crippen molar-refractivity contribution >= 4 is 12.0 Å². The number of ether oxygens (including phenoxy) is 2. The van der Waals surface area contributed by atoms with Crippen LogP contribution in [0.2, 0.25) is 0 Å². The highest BCUT2D eigenvalue weighted by atomic mass is 16.7. The molecule has 1 fully saturated rings. The topological polar surface area (TPSA) is 43.7 Å². The number of carbonyl (C=O) groups is 1. The van der Waals surface area contributed by atoms with Crippen LogP contribution in [0, 0.1) is 13.8 Å². The maximum atomic E-state index is 12.5. The van der Waals surface area contributed by atoms with Crippen LogP contribution in [0.1, 0.15) is 41.4 Å².